The maximum absolute atomic E-state index is 11.8. The van der Waals surface area contributed by atoms with E-state index in [4.69, 9.17) is 10.5 Å². The molecule has 0 aromatic heterocycles. The van der Waals surface area contributed by atoms with E-state index in [1.807, 2.05) is 6.92 Å². The van der Waals surface area contributed by atoms with Crippen LogP contribution in [0, 0.1) is 5.92 Å². The highest BCUT2D eigenvalue weighted by atomic mass is 16.6. The van der Waals surface area contributed by atoms with Crippen molar-refractivity contribution < 1.29 is 14.3 Å². The monoisotopic (exact) mass is 228 g/mol. The third kappa shape index (κ3) is 3.12. The largest absolute Gasteiger partial charge is 0.444 e. The number of primary amides is 1. The van der Waals surface area contributed by atoms with E-state index >= 15 is 0 Å². The van der Waals surface area contributed by atoms with Crippen molar-refractivity contribution in [3.8, 4) is 0 Å². The number of carbonyl (C=O) groups is 2. The Bertz CT molecular complexity index is 296. The van der Waals surface area contributed by atoms with Crippen LogP contribution < -0.4 is 5.73 Å². The van der Waals surface area contributed by atoms with Crippen LogP contribution in [0.2, 0.25) is 0 Å². The van der Waals surface area contributed by atoms with Crippen molar-refractivity contribution in [3.05, 3.63) is 0 Å². The van der Waals surface area contributed by atoms with Crippen LogP contribution in [0.15, 0.2) is 0 Å². The summed E-state index contributed by atoms with van der Waals surface area (Å²) in [7, 11) is 0. The zero-order valence-corrected chi connectivity index (χ0v) is 10.3. The number of nitrogens with two attached hydrogens (primary N) is 1. The molecule has 0 aromatic carbocycles. The lowest BCUT2D eigenvalue weighted by Crippen LogP contribution is -2.45. The maximum Gasteiger partial charge on any atom is 0.410 e. The van der Waals surface area contributed by atoms with Gasteiger partial charge in [0.05, 0.1) is 0 Å². The molecule has 0 radical (unpaired) electrons. The van der Waals surface area contributed by atoms with E-state index in [-0.39, 0.29) is 5.92 Å². The molecule has 0 aromatic rings. The van der Waals surface area contributed by atoms with Crippen LogP contribution in [0.4, 0.5) is 4.79 Å². The van der Waals surface area contributed by atoms with E-state index < -0.39 is 23.6 Å². The molecule has 1 saturated heterocycles. The molecule has 92 valence electrons. The van der Waals surface area contributed by atoms with E-state index in [0.29, 0.717) is 13.0 Å². The first-order chi connectivity index (χ1) is 7.20. The predicted molar refractivity (Wildman–Crippen MR) is 59.7 cm³/mol. The Morgan fingerprint density at radius 3 is 2.38 bits per heavy atom. The van der Waals surface area contributed by atoms with Gasteiger partial charge in [-0.25, -0.2) is 4.79 Å². The average Bonchev–Trinajstić information content (AvgIpc) is 2.44. The number of rotatable bonds is 1. The molecule has 2 amide bonds. The molecule has 0 saturated carbocycles. The first kappa shape index (κ1) is 12.8. The number of likely N-dealkylation sites (tertiary alicyclic amines) is 1. The van der Waals surface area contributed by atoms with Gasteiger partial charge in [-0.3, -0.25) is 9.69 Å². The molecule has 1 rings (SSSR count). The van der Waals surface area contributed by atoms with Gasteiger partial charge < -0.3 is 10.5 Å². The van der Waals surface area contributed by atoms with Gasteiger partial charge in [-0.15, -0.1) is 0 Å². The summed E-state index contributed by atoms with van der Waals surface area (Å²) in [4.78, 5) is 24.4. The molecular formula is C11H20N2O3. The van der Waals surface area contributed by atoms with Crippen LogP contribution in [-0.2, 0) is 9.53 Å². The van der Waals surface area contributed by atoms with Crippen molar-refractivity contribution in [2.75, 3.05) is 6.54 Å². The lowest BCUT2D eigenvalue weighted by Gasteiger charge is -2.27. The number of carbonyl (C=O) groups excluding carboxylic acids is 2. The van der Waals surface area contributed by atoms with Crippen molar-refractivity contribution in [3.63, 3.8) is 0 Å². The van der Waals surface area contributed by atoms with Crippen LogP contribution >= 0.6 is 0 Å². The minimum Gasteiger partial charge on any atom is -0.444 e. The second-order valence-corrected chi connectivity index (χ2v) is 5.39. The quantitative estimate of drug-likeness (QED) is 0.730. The summed E-state index contributed by atoms with van der Waals surface area (Å²) in [6, 6.07) is -0.523. The standard InChI is InChI=1S/C11H20N2O3/c1-7-5-8(9(12)14)13(6-7)10(15)16-11(2,3)4/h7-8H,5-6H2,1-4H3,(H2,12,14)/t7?,8-/m0/s1. The number of amides is 2. The Kier molecular flexibility index (Phi) is 3.45. The highest BCUT2D eigenvalue weighted by molar-refractivity contribution is 5.85. The topological polar surface area (TPSA) is 72.6 Å². The van der Waals surface area contributed by atoms with Crippen LogP contribution in [0.3, 0.4) is 0 Å². The number of hydrogen-bond donors (Lipinski definition) is 1. The minimum atomic E-state index is -0.550. The molecular weight excluding hydrogens is 208 g/mol. The third-order valence-electron chi connectivity index (χ3n) is 2.47. The lowest BCUT2D eigenvalue weighted by atomic mass is 10.1. The zero-order valence-electron chi connectivity index (χ0n) is 10.3. The first-order valence-electron chi connectivity index (χ1n) is 5.49. The SMILES string of the molecule is CC1C[C@@H](C(N)=O)N(C(=O)OC(C)(C)C)C1. The molecule has 1 aliphatic rings. The summed E-state index contributed by atoms with van der Waals surface area (Å²) in [5, 5.41) is 0. The molecule has 0 aliphatic carbocycles. The highest BCUT2D eigenvalue weighted by Gasteiger charge is 2.38. The van der Waals surface area contributed by atoms with Crippen molar-refractivity contribution in [1.82, 2.24) is 4.90 Å². The fourth-order valence-corrected chi connectivity index (χ4v) is 1.84. The molecule has 2 N–H and O–H groups in total. The normalized spacial score (nSPS) is 25.6. The summed E-state index contributed by atoms with van der Waals surface area (Å²) in [5.41, 5.74) is 4.71. The van der Waals surface area contributed by atoms with Gasteiger partial charge in [-0.05, 0) is 33.1 Å². The Balaban J connectivity index is 2.71. The Morgan fingerprint density at radius 1 is 1.38 bits per heavy atom. The molecule has 5 nitrogen and oxygen atoms in total. The second kappa shape index (κ2) is 4.31. The summed E-state index contributed by atoms with van der Waals surface area (Å²) in [6.45, 7) is 7.90. The predicted octanol–water partition coefficient (Wildman–Crippen LogP) is 1.12. The number of ether oxygens (including phenoxy) is 1. The van der Waals surface area contributed by atoms with E-state index in [1.54, 1.807) is 20.8 Å². The van der Waals surface area contributed by atoms with Gasteiger partial charge in [0.1, 0.15) is 11.6 Å². The summed E-state index contributed by atoms with van der Waals surface area (Å²) in [5.74, 6) is -0.180. The van der Waals surface area contributed by atoms with Crippen LogP contribution in [-0.4, -0.2) is 35.1 Å². The van der Waals surface area contributed by atoms with E-state index in [0.717, 1.165) is 0 Å². The van der Waals surface area contributed by atoms with Gasteiger partial charge in [0.15, 0.2) is 0 Å². The van der Waals surface area contributed by atoms with Crippen LogP contribution in [0.5, 0.6) is 0 Å². The second-order valence-electron chi connectivity index (χ2n) is 5.39. The molecule has 1 aliphatic heterocycles. The smallest absolute Gasteiger partial charge is 0.410 e. The number of hydrogen-bond acceptors (Lipinski definition) is 3. The Morgan fingerprint density at radius 2 is 1.94 bits per heavy atom. The third-order valence-corrected chi connectivity index (χ3v) is 2.47. The molecule has 1 unspecified atom stereocenters. The average molecular weight is 228 g/mol. The Hall–Kier alpha value is -1.26. The van der Waals surface area contributed by atoms with E-state index in [1.165, 1.54) is 4.90 Å². The fraction of sp³-hybridized carbons (Fsp3) is 0.818. The van der Waals surface area contributed by atoms with Crippen molar-refractivity contribution in [1.29, 1.82) is 0 Å². The molecule has 5 heteroatoms. The van der Waals surface area contributed by atoms with Gasteiger partial charge in [0.2, 0.25) is 5.91 Å². The first-order valence-corrected chi connectivity index (χ1v) is 5.49. The van der Waals surface area contributed by atoms with Crippen molar-refractivity contribution >= 4 is 12.0 Å². The van der Waals surface area contributed by atoms with Crippen LogP contribution in [0.1, 0.15) is 34.1 Å². The molecule has 2 atom stereocenters. The molecule has 1 heterocycles. The van der Waals surface area contributed by atoms with Crippen molar-refractivity contribution in [2.45, 2.75) is 45.8 Å². The maximum atomic E-state index is 11.8. The van der Waals surface area contributed by atoms with Gasteiger partial charge in [-0.1, -0.05) is 6.92 Å². The van der Waals surface area contributed by atoms with E-state index in [2.05, 4.69) is 0 Å². The molecule has 0 bridgehead atoms. The lowest BCUT2D eigenvalue weighted by molar-refractivity contribution is -0.122. The Labute approximate surface area is 95.9 Å². The summed E-state index contributed by atoms with van der Waals surface area (Å²) in [6.07, 6.45) is 0.162. The summed E-state index contributed by atoms with van der Waals surface area (Å²) >= 11 is 0. The molecule has 16 heavy (non-hydrogen) atoms. The zero-order chi connectivity index (χ0) is 12.5. The van der Waals surface area contributed by atoms with Gasteiger partial charge in [0, 0.05) is 6.54 Å². The van der Waals surface area contributed by atoms with Gasteiger partial charge >= 0.3 is 6.09 Å². The van der Waals surface area contributed by atoms with E-state index in [9.17, 15) is 9.59 Å². The van der Waals surface area contributed by atoms with Crippen molar-refractivity contribution in [2.24, 2.45) is 11.7 Å². The highest BCUT2D eigenvalue weighted by Crippen LogP contribution is 2.24. The van der Waals surface area contributed by atoms with Crippen LogP contribution in [0.25, 0.3) is 0 Å². The number of nitrogens with zero attached hydrogens (tertiary/aromatic N) is 1. The minimum absolute atomic E-state index is 0.282. The van der Waals surface area contributed by atoms with Gasteiger partial charge in [-0.2, -0.15) is 0 Å². The molecule has 1 fully saturated rings. The molecule has 0 spiro atoms. The van der Waals surface area contributed by atoms with Gasteiger partial charge in [0.25, 0.3) is 0 Å². The fourth-order valence-electron chi connectivity index (χ4n) is 1.84. The summed E-state index contributed by atoms with van der Waals surface area (Å²) < 4.78 is 5.23.